The van der Waals surface area contributed by atoms with Crippen molar-refractivity contribution < 1.29 is 8.42 Å². The Balaban J connectivity index is 1.75. The summed E-state index contributed by atoms with van der Waals surface area (Å²) in [6.07, 6.45) is 5.60. The standard InChI is InChI=1S/C13H19N3O2S2/c1-2-14-12(10-3-6-20(17,18)9-10)7-11-8-16-4-5-19-13(16)15-11/h4-5,8,10,12,14H,2-3,6-7,9H2,1H3. The average Bonchev–Trinajstić information content (AvgIpc) is 3.02. The predicted molar refractivity (Wildman–Crippen MR) is 81.0 cm³/mol. The fourth-order valence-electron chi connectivity index (χ4n) is 2.91. The molecule has 3 rings (SSSR count). The Kier molecular flexibility index (Phi) is 3.83. The average molecular weight is 313 g/mol. The normalized spacial score (nSPS) is 23.4. The highest BCUT2D eigenvalue weighted by atomic mass is 32.2. The number of rotatable bonds is 5. The molecule has 1 N–H and O–H groups in total. The summed E-state index contributed by atoms with van der Waals surface area (Å²) in [5, 5.41) is 5.45. The van der Waals surface area contributed by atoms with E-state index in [2.05, 4.69) is 17.2 Å². The van der Waals surface area contributed by atoms with Gasteiger partial charge in [0.25, 0.3) is 0 Å². The molecule has 7 heteroatoms. The SMILES string of the molecule is CCNC(Cc1cn2ccsc2n1)C1CCS(=O)(=O)C1. The van der Waals surface area contributed by atoms with Crippen molar-refractivity contribution in [2.75, 3.05) is 18.1 Å². The van der Waals surface area contributed by atoms with Gasteiger partial charge >= 0.3 is 0 Å². The third-order valence-electron chi connectivity index (χ3n) is 3.88. The first kappa shape index (κ1) is 14.0. The number of likely N-dealkylation sites (N-methyl/N-ethyl adjacent to an activating group) is 1. The van der Waals surface area contributed by atoms with E-state index in [1.807, 2.05) is 22.2 Å². The summed E-state index contributed by atoms with van der Waals surface area (Å²) < 4.78 is 25.3. The first-order chi connectivity index (χ1) is 9.57. The molecule has 0 aromatic carbocycles. The third-order valence-corrected chi connectivity index (χ3v) is 6.44. The van der Waals surface area contributed by atoms with E-state index < -0.39 is 9.84 Å². The highest BCUT2D eigenvalue weighted by molar-refractivity contribution is 7.91. The van der Waals surface area contributed by atoms with Crippen LogP contribution in [0.15, 0.2) is 17.8 Å². The number of thiazole rings is 1. The van der Waals surface area contributed by atoms with Gasteiger partial charge in [0, 0.05) is 30.2 Å². The van der Waals surface area contributed by atoms with Crippen molar-refractivity contribution in [1.82, 2.24) is 14.7 Å². The van der Waals surface area contributed by atoms with Gasteiger partial charge in [0.15, 0.2) is 14.8 Å². The Morgan fingerprint density at radius 2 is 2.45 bits per heavy atom. The zero-order valence-electron chi connectivity index (χ0n) is 11.4. The molecule has 110 valence electrons. The molecule has 2 aromatic heterocycles. The van der Waals surface area contributed by atoms with Crippen LogP contribution in [0.2, 0.25) is 0 Å². The number of nitrogens with zero attached hydrogens (tertiary/aromatic N) is 2. The van der Waals surface area contributed by atoms with E-state index in [0.29, 0.717) is 11.5 Å². The lowest BCUT2D eigenvalue weighted by Gasteiger charge is -2.22. The highest BCUT2D eigenvalue weighted by Crippen LogP contribution is 2.24. The van der Waals surface area contributed by atoms with E-state index in [4.69, 9.17) is 0 Å². The number of fused-ring (bicyclic) bond motifs is 1. The molecule has 1 saturated heterocycles. The number of aromatic nitrogens is 2. The van der Waals surface area contributed by atoms with Crippen LogP contribution in [-0.4, -0.2) is 41.9 Å². The Bertz CT molecular complexity index is 661. The molecule has 2 atom stereocenters. The molecular formula is C13H19N3O2S2. The highest BCUT2D eigenvalue weighted by Gasteiger charge is 2.33. The zero-order valence-corrected chi connectivity index (χ0v) is 13.1. The second-order valence-electron chi connectivity index (χ2n) is 5.36. The third kappa shape index (κ3) is 2.89. The van der Waals surface area contributed by atoms with Crippen molar-refractivity contribution in [3.8, 4) is 0 Å². The summed E-state index contributed by atoms with van der Waals surface area (Å²) in [5.74, 6) is 0.852. The van der Waals surface area contributed by atoms with Crippen molar-refractivity contribution >= 4 is 26.1 Å². The Morgan fingerprint density at radius 3 is 3.10 bits per heavy atom. The van der Waals surface area contributed by atoms with Gasteiger partial charge in [-0.3, -0.25) is 4.40 Å². The van der Waals surface area contributed by atoms with Crippen molar-refractivity contribution in [3.63, 3.8) is 0 Å². The lowest BCUT2D eigenvalue weighted by molar-refractivity contribution is 0.384. The maximum absolute atomic E-state index is 11.7. The van der Waals surface area contributed by atoms with Crippen molar-refractivity contribution in [2.24, 2.45) is 5.92 Å². The molecule has 0 saturated carbocycles. The molecule has 5 nitrogen and oxygen atoms in total. The minimum atomic E-state index is -2.83. The maximum Gasteiger partial charge on any atom is 0.193 e. The number of sulfone groups is 1. The molecular weight excluding hydrogens is 294 g/mol. The van der Waals surface area contributed by atoms with Gasteiger partial charge in [-0.15, -0.1) is 11.3 Å². The van der Waals surface area contributed by atoms with E-state index in [1.165, 1.54) is 0 Å². The number of hydrogen-bond acceptors (Lipinski definition) is 5. The van der Waals surface area contributed by atoms with Gasteiger partial charge in [-0.2, -0.15) is 0 Å². The summed E-state index contributed by atoms with van der Waals surface area (Å²) in [4.78, 5) is 5.59. The van der Waals surface area contributed by atoms with Crippen LogP contribution in [0.5, 0.6) is 0 Å². The summed E-state index contributed by atoms with van der Waals surface area (Å²) >= 11 is 1.62. The van der Waals surface area contributed by atoms with Gasteiger partial charge < -0.3 is 5.32 Å². The van der Waals surface area contributed by atoms with Gasteiger partial charge in [-0.1, -0.05) is 6.92 Å². The quantitative estimate of drug-likeness (QED) is 0.905. The molecule has 2 aromatic rings. The molecule has 1 aliphatic heterocycles. The van der Waals surface area contributed by atoms with E-state index in [0.717, 1.165) is 30.0 Å². The second kappa shape index (κ2) is 5.46. The minimum absolute atomic E-state index is 0.196. The van der Waals surface area contributed by atoms with E-state index in [-0.39, 0.29) is 12.0 Å². The summed E-state index contributed by atoms with van der Waals surface area (Å²) in [6, 6.07) is 0.196. The van der Waals surface area contributed by atoms with Crippen LogP contribution >= 0.6 is 11.3 Å². The Labute approximate surface area is 122 Å². The number of hydrogen-bond donors (Lipinski definition) is 1. The zero-order chi connectivity index (χ0) is 14.2. The van der Waals surface area contributed by atoms with Crippen LogP contribution in [0.25, 0.3) is 4.96 Å². The molecule has 3 heterocycles. The van der Waals surface area contributed by atoms with Crippen molar-refractivity contribution in [3.05, 3.63) is 23.5 Å². The monoisotopic (exact) mass is 313 g/mol. The van der Waals surface area contributed by atoms with Crippen LogP contribution in [-0.2, 0) is 16.3 Å². The maximum atomic E-state index is 11.7. The Hall–Kier alpha value is -0.920. The van der Waals surface area contributed by atoms with Crippen LogP contribution < -0.4 is 5.32 Å². The molecule has 2 unspecified atom stereocenters. The summed E-state index contributed by atoms with van der Waals surface area (Å²) in [5.41, 5.74) is 1.03. The molecule has 0 amide bonds. The molecule has 1 aliphatic rings. The largest absolute Gasteiger partial charge is 0.314 e. The fraction of sp³-hybridized carbons (Fsp3) is 0.615. The van der Waals surface area contributed by atoms with Gasteiger partial charge in [-0.25, -0.2) is 13.4 Å². The van der Waals surface area contributed by atoms with Crippen molar-refractivity contribution in [1.29, 1.82) is 0 Å². The van der Waals surface area contributed by atoms with E-state index >= 15 is 0 Å². The second-order valence-corrected chi connectivity index (χ2v) is 8.46. The number of nitrogens with one attached hydrogen (secondary N) is 1. The van der Waals surface area contributed by atoms with E-state index in [1.54, 1.807) is 11.3 Å². The fourth-order valence-corrected chi connectivity index (χ4v) is 5.51. The molecule has 0 bridgehead atoms. The number of imidazole rings is 1. The van der Waals surface area contributed by atoms with Gasteiger partial charge in [0.05, 0.1) is 17.2 Å². The lowest BCUT2D eigenvalue weighted by Crippen LogP contribution is -2.38. The van der Waals surface area contributed by atoms with Crippen LogP contribution in [0.4, 0.5) is 0 Å². The molecule has 0 radical (unpaired) electrons. The minimum Gasteiger partial charge on any atom is -0.314 e. The molecule has 0 spiro atoms. The summed E-state index contributed by atoms with van der Waals surface area (Å²) in [7, 11) is -2.83. The molecule has 1 fully saturated rings. The predicted octanol–water partition coefficient (Wildman–Crippen LogP) is 1.35. The van der Waals surface area contributed by atoms with Crippen molar-refractivity contribution in [2.45, 2.75) is 25.8 Å². The van der Waals surface area contributed by atoms with E-state index in [9.17, 15) is 8.42 Å². The topological polar surface area (TPSA) is 63.5 Å². The molecule has 20 heavy (non-hydrogen) atoms. The van der Waals surface area contributed by atoms with Gasteiger partial charge in [0.2, 0.25) is 0 Å². The van der Waals surface area contributed by atoms with Gasteiger partial charge in [-0.05, 0) is 18.9 Å². The lowest BCUT2D eigenvalue weighted by atomic mass is 9.95. The van der Waals surface area contributed by atoms with Crippen LogP contribution in [0, 0.1) is 5.92 Å². The molecule has 0 aliphatic carbocycles. The summed E-state index contributed by atoms with van der Waals surface area (Å²) in [6.45, 7) is 2.91. The van der Waals surface area contributed by atoms with Crippen LogP contribution in [0.3, 0.4) is 0 Å². The Morgan fingerprint density at radius 1 is 1.60 bits per heavy atom. The first-order valence-corrected chi connectivity index (χ1v) is 9.62. The smallest absolute Gasteiger partial charge is 0.193 e. The van der Waals surface area contributed by atoms with Crippen LogP contribution in [0.1, 0.15) is 19.0 Å². The first-order valence-electron chi connectivity index (χ1n) is 6.92. The van der Waals surface area contributed by atoms with Gasteiger partial charge in [0.1, 0.15) is 0 Å².